The van der Waals surface area contributed by atoms with Crippen LogP contribution in [0.3, 0.4) is 0 Å². The Morgan fingerprint density at radius 2 is 2.19 bits per heavy atom. The van der Waals surface area contributed by atoms with Gasteiger partial charge in [0.25, 0.3) is 0 Å². The lowest BCUT2D eigenvalue weighted by Gasteiger charge is -2.22. The number of carbonyl (C=O) groups is 2. The number of carbonyl (C=O) groups excluding carboxylic acids is 2. The van der Waals surface area contributed by atoms with Crippen LogP contribution in [0.4, 0.5) is 10.8 Å². The van der Waals surface area contributed by atoms with Gasteiger partial charge in [0.2, 0.25) is 11.8 Å². The number of alkyl halides is 1. The summed E-state index contributed by atoms with van der Waals surface area (Å²) in [4.78, 5) is 30.7. The van der Waals surface area contributed by atoms with Crippen molar-refractivity contribution in [3.8, 4) is 11.3 Å². The number of hydrogen-bond donors (Lipinski definition) is 1. The van der Waals surface area contributed by atoms with Crippen molar-refractivity contribution in [2.45, 2.75) is 38.6 Å². The SMILES string of the molecule is C[C@H]1Cc2cc(-c3csc(NC(=O)CCCl)n3)ccc2N1C(=O)C1CC1. The number of nitrogens with zero attached hydrogens (tertiary/aromatic N) is 2. The maximum Gasteiger partial charge on any atom is 0.230 e. The summed E-state index contributed by atoms with van der Waals surface area (Å²) in [7, 11) is 0. The largest absolute Gasteiger partial charge is 0.309 e. The number of nitrogens with one attached hydrogen (secondary N) is 1. The highest BCUT2D eigenvalue weighted by Gasteiger charge is 2.39. The van der Waals surface area contributed by atoms with E-state index < -0.39 is 0 Å². The molecule has 1 fully saturated rings. The Morgan fingerprint density at radius 3 is 2.92 bits per heavy atom. The van der Waals surface area contributed by atoms with Gasteiger partial charge in [0.1, 0.15) is 0 Å². The van der Waals surface area contributed by atoms with Crippen LogP contribution in [0, 0.1) is 5.92 Å². The van der Waals surface area contributed by atoms with Crippen molar-refractivity contribution < 1.29 is 9.59 Å². The molecular formula is C19H20ClN3O2S. The summed E-state index contributed by atoms with van der Waals surface area (Å²) in [6, 6.07) is 6.35. The Kier molecular flexibility index (Phi) is 4.71. The number of rotatable bonds is 5. The first-order valence-electron chi connectivity index (χ1n) is 8.84. The van der Waals surface area contributed by atoms with E-state index in [4.69, 9.17) is 11.6 Å². The van der Waals surface area contributed by atoms with Crippen molar-refractivity contribution in [1.82, 2.24) is 4.98 Å². The van der Waals surface area contributed by atoms with Crippen LogP contribution < -0.4 is 10.2 Å². The zero-order chi connectivity index (χ0) is 18.3. The average Bonchev–Trinajstić information content (AvgIpc) is 3.27. The van der Waals surface area contributed by atoms with Gasteiger partial charge in [0.05, 0.1) is 5.69 Å². The molecule has 1 N–H and O–H groups in total. The zero-order valence-electron chi connectivity index (χ0n) is 14.5. The van der Waals surface area contributed by atoms with Crippen LogP contribution in [0.2, 0.25) is 0 Å². The van der Waals surface area contributed by atoms with Crippen molar-refractivity contribution >= 4 is 45.6 Å². The van der Waals surface area contributed by atoms with Crippen LogP contribution in [-0.4, -0.2) is 28.7 Å². The first-order chi connectivity index (χ1) is 12.6. The van der Waals surface area contributed by atoms with Crippen LogP contribution in [0.15, 0.2) is 23.6 Å². The highest BCUT2D eigenvalue weighted by molar-refractivity contribution is 7.14. The average molecular weight is 390 g/mol. The van der Waals surface area contributed by atoms with Crippen LogP contribution in [0.25, 0.3) is 11.3 Å². The third kappa shape index (κ3) is 3.35. The molecule has 7 heteroatoms. The number of fused-ring (bicyclic) bond motifs is 1. The van der Waals surface area contributed by atoms with Gasteiger partial charge in [-0.25, -0.2) is 4.98 Å². The molecule has 4 rings (SSSR count). The number of aromatic nitrogens is 1. The molecule has 2 aromatic rings. The Morgan fingerprint density at radius 1 is 1.38 bits per heavy atom. The van der Waals surface area contributed by atoms with Crippen molar-refractivity contribution in [2.24, 2.45) is 5.92 Å². The van der Waals surface area contributed by atoms with Crippen LogP contribution >= 0.6 is 22.9 Å². The summed E-state index contributed by atoms with van der Waals surface area (Å²) in [6.45, 7) is 2.10. The lowest BCUT2D eigenvalue weighted by molar-refractivity contribution is -0.120. The first kappa shape index (κ1) is 17.5. The zero-order valence-corrected chi connectivity index (χ0v) is 16.1. The van der Waals surface area contributed by atoms with E-state index in [1.54, 1.807) is 0 Å². The predicted molar refractivity (Wildman–Crippen MR) is 105 cm³/mol. The van der Waals surface area contributed by atoms with E-state index >= 15 is 0 Å². The van der Waals surface area contributed by atoms with Crippen LogP contribution in [-0.2, 0) is 16.0 Å². The Balaban J connectivity index is 1.55. The smallest absolute Gasteiger partial charge is 0.230 e. The van der Waals surface area contributed by atoms with E-state index in [1.807, 2.05) is 22.4 Å². The number of amides is 2. The fourth-order valence-electron chi connectivity index (χ4n) is 3.38. The number of benzene rings is 1. The molecule has 0 unspecified atom stereocenters. The van der Waals surface area contributed by atoms with Gasteiger partial charge in [-0.05, 0) is 43.9 Å². The standard InChI is InChI=1S/C19H20ClN3O2S/c1-11-8-14-9-13(4-5-16(14)23(11)18(25)12-2-3-12)15-10-26-19(21-15)22-17(24)6-7-20/h4-5,9-12H,2-3,6-8H2,1H3,(H,21,22,24)/t11-/m0/s1. The van der Waals surface area contributed by atoms with E-state index in [0.717, 1.165) is 36.2 Å². The van der Waals surface area contributed by atoms with Crippen LogP contribution in [0.5, 0.6) is 0 Å². The molecule has 1 atom stereocenters. The number of thiazole rings is 1. The monoisotopic (exact) mass is 389 g/mol. The predicted octanol–water partition coefficient (Wildman–Crippen LogP) is 4.07. The van der Waals surface area contributed by atoms with Gasteiger partial charge in [0.15, 0.2) is 5.13 Å². The summed E-state index contributed by atoms with van der Waals surface area (Å²) in [5.41, 5.74) is 4.05. The maximum absolute atomic E-state index is 12.6. The topological polar surface area (TPSA) is 62.3 Å². The number of hydrogen-bond acceptors (Lipinski definition) is 4. The molecular weight excluding hydrogens is 370 g/mol. The molecule has 0 saturated heterocycles. The lowest BCUT2D eigenvalue weighted by atomic mass is 10.1. The Hall–Kier alpha value is -1.92. The van der Waals surface area contributed by atoms with Gasteiger partial charge in [0, 0.05) is 40.9 Å². The molecule has 1 saturated carbocycles. The third-order valence-electron chi connectivity index (χ3n) is 4.83. The fourth-order valence-corrected chi connectivity index (χ4v) is 4.29. The van der Waals surface area contributed by atoms with E-state index in [9.17, 15) is 9.59 Å². The van der Waals surface area contributed by atoms with E-state index in [1.165, 1.54) is 16.9 Å². The number of halogens is 1. The number of anilines is 2. The molecule has 5 nitrogen and oxygen atoms in total. The molecule has 1 aliphatic carbocycles. The summed E-state index contributed by atoms with van der Waals surface area (Å²) in [6.07, 6.45) is 3.18. The molecule has 2 heterocycles. The van der Waals surface area contributed by atoms with Crippen molar-refractivity contribution in [1.29, 1.82) is 0 Å². The molecule has 0 bridgehead atoms. The van der Waals surface area contributed by atoms with E-state index in [0.29, 0.717) is 11.0 Å². The molecule has 1 aromatic carbocycles. The molecule has 1 aromatic heterocycles. The van der Waals surface area contributed by atoms with Gasteiger partial charge in [-0.3, -0.25) is 9.59 Å². The van der Waals surface area contributed by atoms with Crippen molar-refractivity contribution in [3.05, 3.63) is 29.1 Å². The lowest BCUT2D eigenvalue weighted by Crippen LogP contribution is -2.36. The first-order valence-corrected chi connectivity index (χ1v) is 10.3. The maximum atomic E-state index is 12.6. The highest BCUT2D eigenvalue weighted by atomic mass is 35.5. The van der Waals surface area contributed by atoms with E-state index in [2.05, 4.69) is 23.3 Å². The summed E-state index contributed by atoms with van der Waals surface area (Å²) in [5, 5.41) is 5.28. The molecule has 0 radical (unpaired) electrons. The molecule has 0 spiro atoms. The van der Waals surface area contributed by atoms with Gasteiger partial charge < -0.3 is 10.2 Å². The molecule has 136 valence electrons. The van der Waals surface area contributed by atoms with E-state index in [-0.39, 0.29) is 30.2 Å². The summed E-state index contributed by atoms with van der Waals surface area (Å²) < 4.78 is 0. The van der Waals surface area contributed by atoms with Crippen molar-refractivity contribution in [3.63, 3.8) is 0 Å². The quantitative estimate of drug-likeness (QED) is 0.784. The summed E-state index contributed by atoms with van der Waals surface area (Å²) >= 11 is 6.98. The summed E-state index contributed by atoms with van der Waals surface area (Å²) in [5.74, 6) is 0.656. The van der Waals surface area contributed by atoms with Gasteiger partial charge >= 0.3 is 0 Å². The van der Waals surface area contributed by atoms with Gasteiger partial charge in [-0.2, -0.15) is 0 Å². The Labute approximate surface area is 161 Å². The fraction of sp³-hybridized carbons (Fsp3) is 0.421. The minimum atomic E-state index is -0.127. The normalized spacial score (nSPS) is 18.7. The second kappa shape index (κ2) is 7.00. The second-order valence-electron chi connectivity index (χ2n) is 6.90. The van der Waals surface area contributed by atoms with Gasteiger partial charge in [-0.1, -0.05) is 6.07 Å². The molecule has 26 heavy (non-hydrogen) atoms. The van der Waals surface area contributed by atoms with Crippen molar-refractivity contribution in [2.75, 3.05) is 16.1 Å². The van der Waals surface area contributed by atoms with Gasteiger partial charge in [-0.15, -0.1) is 22.9 Å². The minimum Gasteiger partial charge on any atom is -0.309 e. The highest BCUT2D eigenvalue weighted by Crippen LogP contribution is 2.40. The minimum absolute atomic E-state index is 0.127. The molecule has 2 aliphatic rings. The van der Waals surface area contributed by atoms with Crippen LogP contribution in [0.1, 0.15) is 31.7 Å². The second-order valence-corrected chi connectivity index (χ2v) is 8.14. The third-order valence-corrected chi connectivity index (χ3v) is 5.77. The molecule has 2 amide bonds. The molecule has 1 aliphatic heterocycles. The Bertz CT molecular complexity index is 862.